The van der Waals surface area contributed by atoms with Gasteiger partial charge in [-0.05, 0) is 30.0 Å². The van der Waals surface area contributed by atoms with Crippen molar-refractivity contribution >= 4 is 23.4 Å². The number of piperazine rings is 1. The first-order valence-electron chi connectivity index (χ1n) is 6.80. The lowest BCUT2D eigenvalue weighted by Gasteiger charge is -2.34. The second-order valence-corrected chi connectivity index (χ2v) is 5.86. The van der Waals surface area contributed by atoms with Crippen LogP contribution in [0.1, 0.15) is 19.4 Å². The Labute approximate surface area is 124 Å². The number of nitrogens with zero attached hydrogens (tertiary/aromatic N) is 1. The van der Waals surface area contributed by atoms with Crippen LogP contribution >= 0.6 is 11.6 Å². The summed E-state index contributed by atoms with van der Waals surface area (Å²) >= 11 is 5.84. The molecule has 1 atom stereocenters. The quantitative estimate of drug-likeness (QED) is 0.921. The Bertz CT molecular complexity index is 499. The summed E-state index contributed by atoms with van der Waals surface area (Å²) in [6, 6.07) is 7.14. The zero-order valence-corrected chi connectivity index (χ0v) is 12.5. The molecule has 0 bridgehead atoms. The fourth-order valence-corrected chi connectivity index (χ4v) is 2.41. The van der Waals surface area contributed by atoms with Crippen molar-refractivity contribution in [3.63, 3.8) is 0 Å². The number of nitrogens with one attached hydrogen (secondary N) is 1. The van der Waals surface area contributed by atoms with Gasteiger partial charge in [0.2, 0.25) is 11.8 Å². The van der Waals surface area contributed by atoms with E-state index in [9.17, 15) is 9.59 Å². The van der Waals surface area contributed by atoms with Crippen molar-refractivity contribution in [3.05, 3.63) is 34.9 Å². The standard InChI is InChI=1S/C15H19ClN2O2/c1-10(2)14-15(20)18(9-13(19)17-14)8-7-11-3-5-12(16)6-4-11/h3-6,10,14H,7-9H2,1-2H3,(H,17,19). The topological polar surface area (TPSA) is 49.4 Å². The van der Waals surface area contributed by atoms with Crippen LogP contribution in [0.15, 0.2) is 24.3 Å². The van der Waals surface area contributed by atoms with Crippen LogP contribution in [0, 0.1) is 5.92 Å². The van der Waals surface area contributed by atoms with Gasteiger partial charge in [0.1, 0.15) is 6.04 Å². The lowest BCUT2D eigenvalue weighted by atomic mass is 10.0. The molecule has 1 aliphatic rings. The van der Waals surface area contributed by atoms with Crippen molar-refractivity contribution in [1.29, 1.82) is 0 Å². The van der Waals surface area contributed by atoms with E-state index in [1.54, 1.807) is 4.90 Å². The summed E-state index contributed by atoms with van der Waals surface area (Å²) in [4.78, 5) is 25.6. The van der Waals surface area contributed by atoms with E-state index in [1.165, 1.54) is 0 Å². The van der Waals surface area contributed by atoms with Crippen molar-refractivity contribution in [1.82, 2.24) is 10.2 Å². The molecule has 1 N–H and O–H groups in total. The van der Waals surface area contributed by atoms with Crippen molar-refractivity contribution < 1.29 is 9.59 Å². The van der Waals surface area contributed by atoms with E-state index >= 15 is 0 Å². The third-order valence-electron chi connectivity index (χ3n) is 3.48. The van der Waals surface area contributed by atoms with Crippen molar-refractivity contribution in [2.24, 2.45) is 5.92 Å². The van der Waals surface area contributed by atoms with Crippen molar-refractivity contribution in [2.45, 2.75) is 26.3 Å². The average Bonchev–Trinajstić information content (AvgIpc) is 2.41. The normalized spacial score (nSPS) is 19.4. The van der Waals surface area contributed by atoms with E-state index in [1.807, 2.05) is 38.1 Å². The molecule has 2 rings (SSSR count). The number of hydrogen-bond acceptors (Lipinski definition) is 2. The van der Waals surface area contributed by atoms with Gasteiger partial charge in [-0.15, -0.1) is 0 Å². The molecule has 1 aromatic carbocycles. The molecular weight excluding hydrogens is 276 g/mol. The van der Waals surface area contributed by atoms with Crippen molar-refractivity contribution in [2.75, 3.05) is 13.1 Å². The lowest BCUT2D eigenvalue weighted by molar-refractivity contribution is -0.145. The highest BCUT2D eigenvalue weighted by Gasteiger charge is 2.33. The monoisotopic (exact) mass is 294 g/mol. The van der Waals surface area contributed by atoms with Gasteiger partial charge in [0.05, 0.1) is 6.54 Å². The Morgan fingerprint density at radius 2 is 1.95 bits per heavy atom. The summed E-state index contributed by atoms with van der Waals surface area (Å²) in [7, 11) is 0. The molecule has 0 saturated carbocycles. The zero-order chi connectivity index (χ0) is 14.7. The summed E-state index contributed by atoms with van der Waals surface area (Å²) in [5, 5.41) is 3.45. The number of halogens is 1. The molecule has 0 aromatic heterocycles. The minimum absolute atomic E-state index is 0.00793. The van der Waals surface area contributed by atoms with Gasteiger partial charge in [0.25, 0.3) is 0 Å². The van der Waals surface area contributed by atoms with E-state index in [4.69, 9.17) is 11.6 Å². The highest BCUT2D eigenvalue weighted by Crippen LogP contribution is 2.13. The van der Waals surface area contributed by atoms with Crippen LogP contribution in [-0.2, 0) is 16.0 Å². The van der Waals surface area contributed by atoms with Gasteiger partial charge in [0.15, 0.2) is 0 Å². The number of carbonyl (C=O) groups excluding carboxylic acids is 2. The fraction of sp³-hybridized carbons (Fsp3) is 0.467. The molecule has 1 aromatic rings. The highest BCUT2D eigenvalue weighted by molar-refractivity contribution is 6.30. The number of amides is 2. The molecule has 1 aliphatic heterocycles. The van der Waals surface area contributed by atoms with Crippen LogP contribution in [-0.4, -0.2) is 35.8 Å². The molecule has 20 heavy (non-hydrogen) atoms. The summed E-state index contributed by atoms with van der Waals surface area (Å²) in [5.41, 5.74) is 1.11. The van der Waals surface area contributed by atoms with E-state index in [0.29, 0.717) is 11.6 Å². The maximum atomic E-state index is 12.3. The molecule has 1 heterocycles. The molecule has 1 unspecified atom stereocenters. The van der Waals surface area contributed by atoms with E-state index in [2.05, 4.69) is 5.32 Å². The maximum Gasteiger partial charge on any atom is 0.245 e. The summed E-state index contributed by atoms with van der Waals surface area (Å²) < 4.78 is 0. The van der Waals surface area contributed by atoms with Gasteiger partial charge in [-0.3, -0.25) is 9.59 Å². The van der Waals surface area contributed by atoms with Crippen molar-refractivity contribution in [3.8, 4) is 0 Å². The van der Waals surface area contributed by atoms with Gasteiger partial charge < -0.3 is 10.2 Å². The number of hydrogen-bond donors (Lipinski definition) is 1. The predicted molar refractivity (Wildman–Crippen MR) is 78.5 cm³/mol. The fourth-order valence-electron chi connectivity index (χ4n) is 2.28. The third kappa shape index (κ3) is 3.51. The van der Waals surface area contributed by atoms with Crippen LogP contribution in [0.5, 0.6) is 0 Å². The van der Waals surface area contributed by atoms with Gasteiger partial charge in [0, 0.05) is 11.6 Å². The molecule has 2 amide bonds. The largest absolute Gasteiger partial charge is 0.343 e. The first kappa shape index (κ1) is 14.9. The zero-order valence-electron chi connectivity index (χ0n) is 11.7. The highest BCUT2D eigenvalue weighted by atomic mass is 35.5. The van der Waals surface area contributed by atoms with E-state index in [0.717, 1.165) is 12.0 Å². The molecular formula is C15H19ClN2O2. The Kier molecular flexibility index (Phi) is 4.65. The summed E-state index contributed by atoms with van der Waals surface area (Å²) in [6.45, 7) is 4.57. The van der Waals surface area contributed by atoms with Crippen LogP contribution < -0.4 is 5.32 Å². The Morgan fingerprint density at radius 1 is 1.30 bits per heavy atom. The van der Waals surface area contributed by atoms with Crippen LogP contribution in [0.3, 0.4) is 0 Å². The molecule has 0 spiro atoms. The molecule has 4 nitrogen and oxygen atoms in total. The number of rotatable bonds is 4. The second kappa shape index (κ2) is 6.27. The average molecular weight is 295 g/mol. The smallest absolute Gasteiger partial charge is 0.245 e. The maximum absolute atomic E-state index is 12.3. The molecule has 108 valence electrons. The number of benzene rings is 1. The van der Waals surface area contributed by atoms with Gasteiger partial charge in [-0.25, -0.2) is 0 Å². The van der Waals surface area contributed by atoms with E-state index in [-0.39, 0.29) is 24.3 Å². The summed E-state index contributed by atoms with van der Waals surface area (Å²) in [6.07, 6.45) is 0.723. The van der Waals surface area contributed by atoms with E-state index < -0.39 is 6.04 Å². The van der Waals surface area contributed by atoms with Gasteiger partial charge in [-0.1, -0.05) is 37.6 Å². The number of carbonyl (C=O) groups is 2. The Morgan fingerprint density at radius 3 is 2.55 bits per heavy atom. The molecule has 1 saturated heterocycles. The minimum atomic E-state index is -0.401. The summed E-state index contributed by atoms with van der Waals surface area (Å²) in [5.74, 6) is 0.0257. The Hall–Kier alpha value is -1.55. The minimum Gasteiger partial charge on any atom is -0.343 e. The first-order chi connectivity index (χ1) is 9.47. The Balaban J connectivity index is 1.99. The van der Waals surface area contributed by atoms with Gasteiger partial charge in [-0.2, -0.15) is 0 Å². The third-order valence-corrected chi connectivity index (χ3v) is 3.73. The first-order valence-corrected chi connectivity index (χ1v) is 7.18. The van der Waals surface area contributed by atoms with Crippen LogP contribution in [0.25, 0.3) is 0 Å². The second-order valence-electron chi connectivity index (χ2n) is 5.43. The molecule has 1 fully saturated rings. The SMILES string of the molecule is CC(C)C1NC(=O)CN(CCc2ccc(Cl)cc2)C1=O. The molecule has 0 radical (unpaired) electrons. The van der Waals surface area contributed by atoms with Crippen LogP contribution in [0.2, 0.25) is 5.02 Å². The lowest BCUT2D eigenvalue weighted by Crippen LogP contribution is -2.60. The molecule has 5 heteroatoms. The van der Waals surface area contributed by atoms with Gasteiger partial charge >= 0.3 is 0 Å². The van der Waals surface area contributed by atoms with Crippen LogP contribution in [0.4, 0.5) is 0 Å². The predicted octanol–water partition coefficient (Wildman–Crippen LogP) is 1.87. The molecule has 0 aliphatic carbocycles.